The molecule has 0 aliphatic carbocycles. The number of hydrogen-bond acceptors (Lipinski definition) is 4. The van der Waals surface area contributed by atoms with Crippen LogP contribution in [0, 0.1) is 0 Å². The Balaban J connectivity index is 2.96. The quantitative estimate of drug-likeness (QED) is 0.560. The molecule has 0 aromatic heterocycles. The van der Waals surface area contributed by atoms with Crippen LogP contribution in [0.4, 0.5) is 0 Å². The van der Waals surface area contributed by atoms with Crippen LogP contribution in [-0.2, 0) is 6.61 Å². The normalized spacial score (nSPS) is 15.1. The Morgan fingerprint density at radius 3 is 2.50 bits per heavy atom. The standard InChI is InChI=1S/C10H15NO3/c1-6(11)10(14)7-2-3-8(5-12)9(13)4-7/h2-4,6,10,12-14H,5,11H2,1H3. The maximum Gasteiger partial charge on any atom is 0.121 e. The summed E-state index contributed by atoms with van der Waals surface area (Å²) in [5, 5.41) is 27.8. The molecule has 14 heavy (non-hydrogen) atoms. The lowest BCUT2D eigenvalue weighted by atomic mass is 10.0. The van der Waals surface area contributed by atoms with Gasteiger partial charge in [0.1, 0.15) is 5.75 Å². The Morgan fingerprint density at radius 1 is 1.43 bits per heavy atom. The second-order valence-electron chi connectivity index (χ2n) is 3.35. The molecule has 0 aliphatic rings. The van der Waals surface area contributed by atoms with Gasteiger partial charge in [-0.25, -0.2) is 0 Å². The molecule has 0 saturated carbocycles. The third-order valence-corrected chi connectivity index (χ3v) is 2.12. The molecule has 0 aliphatic heterocycles. The third kappa shape index (κ3) is 2.23. The van der Waals surface area contributed by atoms with Gasteiger partial charge in [-0.1, -0.05) is 12.1 Å². The van der Waals surface area contributed by atoms with E-state index in [2.05, 4.69) is 0 Å². The van der Waals surface area contributed by atoms with Crippen molar-refractivity contribution in [2.45, 2.75) is 25.7 Å². The van der Waals surface area contributed by atoms with E-state index in [1.54, 1.807) is 19.1 Å². The van der Waals surface area contributed by atoms with Crippen LogP contribution < -0.4 is 5.73 Å². The first kappa shape index (κ1) is 11.0. The van der Waals surface area contributed by atoms with Gasteiger partial charge in [-0.05, 0) is 18.6 Å². The molecule has 4 nitrogen and oxygen atoms in total. The molecule has 0 spiro atoms. The maximum atomic E-state index is 9.59. The molecule has 0 fully saturated rings. The average molecular weight is 197 g/mol. The van der Waals surface area contributed by atoms with Crippen LogP contribution in [0.5, 0.6) is 5.75 Å². The molecule has 1 aromatic carbocycles. The molecule has 1 aromatic rings. The summed E-state index contributed by atoms with van der Waals surface area (Å²) in [6, 6.07) is 4.23. The van der Waals surface area contributed by atoms with Crippen molar-refractivity contribution in [3.05, 3.63) is 29.3 Å². The highest BCUT2D eigenvalue weighted by atomic mass is 16.3. The van der Waals surface area contributed by atoms with Gasteiger partial charge < -0.3 is 21.1 Å². The number of aromatic hydroxyl groups is 1. The topological polar surface area (TPSA) is 86.7 Å². The second kappa shape index (κ2) is 4.41. The molecular weight excluding hydrogens is 182 g/mol. The van der Waals surface area contributed by atoms with Gasteiger partial charge in [0.2, 0.25) is 0 Å². The fourth-order valence-corrected chi connectivity index (χ4v) is 1.20. The van der Waals surface area contributed by atoms with E-state index in [1.165, 1.54) is 6.07 Å². The average Bonchev–Trinajstić information content (AvgIpc) is 2.16. The summed E-state index contributed by atoms with van der Waals surface area (Å²) < 4.78 is 0. The third-order valence-electron chi connectivity index (χ3n) is 2.12. The van der Waals surface area contributed by atoms with Crippen LogP contribution in [0.1, 0.15) is 24.2 Å². The van der Waals surface area contributed by atoms with Crippen molar-refractivity contribution in [2.24, 2.45) is 5.73 Å². The van der Waals surface area contributed by atoms with Crippen LogP contribution in [0.2, 0.25) is 0 Å². The highest BCUT2D eigenvalue weighted by Crippen LogP contribution is 2.23. The number of rotatable bonds is 3. The fourth-order valence-electron chi connectivity index (χ4n) is 1.20. The Kier molecular flexibility index (Phi) is 3.46. The summed E-state index contributed by atoms with van der Waals surface area (Å²) in [6.45, 7) is 1.46. The smallest absolute Gasteiger partial charge is 0.121 e. The predicted molar refractivity (Wildman–Crippen MR) is 52.6 cm³/mol. The number of aliphatic hydroxyl groups is 2. The lowest BCUT2D eigenvalue weighted by molar-refractivity contribution is 0.153. The van der Waals surface area contributed by atoms with Crippen molar-refractivity contribution in [2.75, 3.05) is 0 Å². The first-order valence-corrected chi connectivity index (χ1v) is 4.42. The lowest BCUT2D eigenvalue weighted by Crippen LogP contribution is -2.24. The summed E-state index contributed by atoms with van der Waals surface area (Å²) in [7, 11) is 0. The van der Waals surface area contributed by atoms with Crippen molar-refractivity contribution in [1.82, 2.24) is 0 Å². The summed E-state index contributed by atoms with van der Waals surface area (Å²) in [5.41, 5.74) is 6.49. The molecule has 2 atom stereocenters. The summed E-state index contributed by atoms with van der Waals surface area (Å²) in [6.07, 6.45) is -0.798. The molecule has 0 amide bonds. The monoisotopic (exact) mass is 197 g/mol. The summed E-state index contributed by atoms with van der Waals surface area (Å²) in [5.74, 6) is -0.0234. The first-order valence-electron chi connectivity index (χ1n) is 4.42. The summed E-state index contributed by atoms with van der Waals surface area (Å²) in [4.78, 5) is 0. The van der Waals surface area contributed by atoms with Crippen molar-refractivity contribution in [1.29, 1.82) is 0 Å². The van der Waals surface area contributed by atoms with Gasteiger partial charge in [-0.15, -0.1) is 0 Å². The molecule has 0 radical (unpaired) electrons. The number of nitrogens with two attached hydrogens (primary N) is 1. The minimum Gasteiger partial charge on any atom is -0.508 e. The van der Waals surface area contributed by atoms with E-state index in [9.17, 15) is 10.2 Å². The Labute approximate surface area is 82.6 Å². The zero-order chi connectivity index (χ0) is 10.7. The Morgan fingerprint density at radius 2 is 2.07 bits per heavy atom. The van der Waals surface area contributed by atoms with E-state index in [4.69, 9.17) is 10.8 Å². The lowest BCUT2D eigenvalue weighted by Gasteiger charge is -2.15. The van der Waals surface area contributed by atoms with Gasteiger partial charge in [0.05, 0.1) is 12.7 Å². The fraction of sp³-hybridized carbons (Fsp3) is 0.400. The molecule has 0 heterocycles. The van der Waals surface area contributed by atoms with Gasteiger partial charge in [0.15, 0.2) is 0 Å². The van der Waals surface area contributed by atoms with Gasteiger partial charge in [-0.3, -0.25) is 0 Å². The van der Waals surface area contributed by atoms with Crippen LogP contribution in [0.15, 0.2) is 18.2 Å². The maximum absolute atomic E-state index is 9.59. The van der Waals surface area contributed by atoms with Crippen molar-refractivity contribution in [3.8, 4) is 5.75 Å². The van der Waals surface area contributed by atoms with E-state index in [0.717, 1.165) is 0 Å². The minimum atomic E-state index is -0.798. The zero-order valence-corrected chi connectivity index (χ0v) is 8.01. The van der Waals surface area contributed by atoms with Crippen LogP contribution in [0.3, 0.4) is 0 Å². The van der Waals surface area contributed by atoms with E-state index in [0.29, 0.717) is 11.1 Å². The number of aliphatic hydroxyl groups excluding tert-OH is 2. The second-order valence-corrected chi connectivity index (χ2v) is 3.35. The molecule has 4 heteroatoms. The highest BCUT2D eigenvalue weighted by molar-refractivity contribution is 5.37. The molecule has 0 bridgehead atoms. The Hall–Kier alpha value is -1.10. The van der Waals surface area contributed by atoms with E-state index < -0.39 is 12.1 Å². The molecule has 2 unspecified atom stereocenters. The molecular formula is C10H15NO3. The van der Waals surface area contributed by atoms with Crippen molar-refractivity contribution < 1.29 is 15.3 Å². The molecule has 5 N–H and O–H groups in total. The van der Waals surface area contributed by atoms with Crippen molar-refractivity contribution >= 4 is 0 Å². The van der Waals surface area contributed by atoms with Crippen molar-refractivity contribution in [3.63, 3.8) is 0 Å². The molecule has 78 valence electrons. The largest absolute Gasteiger partial charge is 0.508 e. The number of hydrogen-bond donors (Lipinski definition) is 4. The highest BCUT2D eigenvalue weighted by Gasteiger charge is 2.13. The Bertz CT molecular complexity index is 312. The van der Waals surface area contributed by atoms with E-state index in [-0.39, 0.29) is 12.4 Å². The van der Waals surface area contributed by atoms with Gasteiger partial charge in [0, 0.05) is 11.6 Å². The minimum absolute atomic E-state index is 0.0234. The van der Waals surface area contributed by atoms with Crippen LogP contribution in [0.25, 0.3) is 0 Å². The number of phenols is 1. The zero-order valence-electron chi connectivity index (χ0n) is 8.01. The predicted octanol–water partition coefficient (Wildman–Crippen LogP) is 0.265. The summed E-state index contributed by atoms with van der Waals surface area (Å²) >= 11 is 0. The SMILES string of the molecule is CC(N)C(O)c1ccc(CO)c(O)c1. The van der Waals surface area contributed by atoms with E-state index >= 15 is 0 Å². The molecule has 1 rings (SSSR count). The van der Waals surface area contributed by atoms with Gasteiger partial charge in [-0.2, -0.15) is 0 Å². The first-order chi connectivity index (χ1) is 6.56. The van der Waals surface area contributed by atoms with E-state index in [1.807, 2.05) is 0 Å². The van der Waals surface area contributed by atoms with Crippen LogP contribution in [-0.4, -0.2) is 21.4 Å². The van der Waals surface area contributed by atoms with Crippen LogP contribution >= 0.6 is 0 Å². The van der Waals surface area contributed by atoms with Gasteiger partial charge in [0.25, 0.3) is 0 Å². The number of benzene rings is 1. The molecule has 0 saturated heterocycles. The van der Waals surface area contributed by atoms with Gasteiger partial charge >= 0.3 is 0 Å².